The second-order valence-electron chi connectivity index (χ2n) is 9.39. The van der Waals surface area contributed by atoms with E-state index in [0.717, 1.165) is 40.6 Å². The minimum atomic E-state index is -0.517. The lowest BCUT2D eigenvalue weighted by atomic mass is 10.0. The van der Waals surface area contributed by atoms with E-state index < -0.39 is 11.6 Å². The second kappa shape index (κ2) is 9.76. The van der Waals surface area contributed by atoms with Gasteiger partial charge in [-0.2, -0.15) is 0 Å². The summed E-state index contributed by atoms with van der Waals surface area (Å²) < 4.78 is 11.0. The second-order valence-corrected chi connectivity index (χ2v) is 9.39. The number of esters is 1. The Morgan fingerprint density at radius 3 is 2.34 bits per heavy atom. The SMILES string of the molecule is CCCCOC(=O)c1cc(N2CCN(C(=O)OC(C)(C)C)CC2)c2c(C)ccc(C)c2n1. The Morgan fingerprint density at radius 1 is 1.06 bits per heavy atom. The fraction of sp³-hybridized carbons (Fsp3) is 0.560. The number of carbonyl (C=O) groups excluding carboxylic acids is 2. The summed E-state index contributed by atoms with van der Waals surface area (Å²) in [5.41, 5.74) is 3.71. The van der Waals surface area contributed by atoms with E-state index >= 15 is 0 Å². The van der Waals surface area contributed by atoms with Crippen LogP contribution in [0.2, 0.25) is 0 Å². The van der Waals surface area contributed by atoms with Crippen molar-refractivity contribution in [1.29, 1.82) is 0 Å². The highest BCUT2D eigenvalue weighted by molar-refractivity contribution is 6.01. The summed E-state index contributed by atoms with van der Waals surface area (Å²) in [7, 11) is 0. The number of aryl methyl sites for hydroxylation is 2. The molecule has 1 aromatic carbocycles. The number of aromatic nitrogens is 1. The van der Waals surface area contributed by atoms with Crippen LogP contribution in [0.3, 0.4) is 0 Å². The average molecular weight is 442 g/mol. The van der Waals surface area contributed by atoms with Crippen molar-refractivity contribution in [3.63, 3.8) is 0 Å². The van der Waals surface area contributed by atoms with Crippen LogP contribution in [0.5, 0.6) is 0 Å². The molecule has 2 heterocycles. The van der Waals surface area contributed by atoms with Crippen molar-refractivity contribution in [2.75, 3.05) is 37.7 Å². The molecule has 3 rings (SSSR count). The molecular formula is C25H35N3O4. The number of amides is 1. The third-order valence-corrected chi connectivity index (χ3v) is 5.56. The van der Waals surface area contributed by atoms with Gasteiger partial charge in [-0.3, -0.25) is 0 Å². The van der Waals surface area contributed by atoms with Crippen molar-refractivity contribution in [2.24, 2.45) is 0 Å². The molecule has 1 aliphatic rings. The molecule has 2 aromatic rings. The molecule has 0 radical (unpaired) electrons. The topological polar surface area (TPSA) is 72.0 Å². The molecule has 1 aliphatic heterocycles. The maximum Gasteiger partial charge on any atom is 0.410 e. The number of anilines is 1. The van der Waals surface area contributed by atoms with Gasteiger partial charge in [-0.1, -0.05) is 25.5 Å². The van der Waals surface area contributed by atoms with Crippen LogP contribution in [0.4, 0.5) is 10.5 Å². The number of piperazine rings is 1. The number of benzene rings is 1. The zero-order valence-electron chi connectivity index (χ0n) is 20.2. The molecule has 1 saturated heterocycles. The van der Waals surface area contributed by atoms with Crippen LogP contribution in [0.1, 0.15) is 62.2 Å². The normalized spacial score (nSPS) is 14.6. The number of ether oxygens (including phenoxy) is 2. The van der Waals surface area contributed by atoms with Crippen molar-refractivity contribution in [3.05, 3.63) is 35.0 Å². The van der Waals surface area contributed by atoms with Gasteiger partial charge in [0.2, 0.25) is 0 Å². The molecule has 7 heteroatoms. The zero-order valence-corrected chi connectivity index (χ0v) is 20.2. The van der Waals surface area contributed by atoms with Gasteiger partial charge in [0.25, 0.3) is 0 Å². The third-order valence-electron chi connectivity index (χ3n) is 5.56. The van der Waals surface area contributed by atoms with Crippen molar-refractivity contribution < 1.29 is 19.1 Å². The maximum absolute atomic E-state index is 12.7. The third kappa shape index (κ3) is 5.50. The minimum Gasteiger partial charge on any atom is -0.461 e. The summed E-state index contributed by atoms with van der Waals surface area (Å²) in [4.78, 5) is 33.8. The standard InChI is InChI=1S/C25H35N3O4/c1-7-8-15-31-23(29)19-16-20(21-17(2)9-10-18(3)22(21)26-19)27-11-13-28(14-12-27)24(30)32-25(4,5)6/h9-10,16H,7-8,11-15H2,1-6H3. The smallest absolute Gasteiger partial charge is 0.410 e. The highest BCUT2D eigenvalue weighted by atomic mass is 16.6. The van der Waals surface area contributed by atoms with Gasteiger partial charge >= 0.3 is 12.1 Å². The lowest BCUT2D eigenvalue weighted by molar-refractivity contribution is 0.0240. The first-order valence-corrected chi connectivity index (χ1v) is 11.4. The quantitative estimate of drug-likeness (QED) is 0.487. The minimum absolute atomic E-state index is 0.288. The fourth-order valence-electron chi connectivity index (χ4n) is 3.81. The largest absolute Gasteiger partial charge is 0.461 e. The summed E-state index contributed by atoms with van der Waals surface area (Å²) in [5, 5.41) is 1.04. The highest BCUT2D eigenvalue weighted by Crippen LogP contribution is 2.32. The molecule has 0 saturated carbocycles. The van der Waals surface area contributed by atoms with Gasteiger partial charge in [-0.25, -0.2) is 14.6 Å². The van der Waals surface area contributed by atoms with Crippen LogP contribution in [0.25, 0.3) is 10.9 Å². The van der Waals surface area contributed by atoms with Crippen molar-refractivity contribution in [3.8, 4) is 0 Å². The van der Waals surface area contributed by atoms with Crippen molar-refractivity contribution in [1.82, 2.24) is 9.88 Å². The van der Waals surface area contributed by atoms with E-state index in [4.69, 9.17) is 9.47 Å². The molecule has 0 bridgehead atoms. The van der Waals surface area contributed by atoms with Crippen LogP contribution in [-0.2, 0) is 9.47 Å². The molecule has 174 valence electrons. The zero-order chi connectivity index (χ0) is 23.5. The number of hydrogen-bond acceptors (Lipinski definition) is 6. The van der Waals surface area contributed by atoms with Gasteiger partial charge in [-0.05, 0) is 58.2 Å². The van der Waals surface area contributed by atoms with Gasteiger partial charge in [0.1, 0.15) is 5.60 Å². The number of rotatable bonds is 5. The molecule has 0 atom stereocenters. The predicted molar refractivity (Wildman–Crippen MR) is 126 cm³/mol. The Labute approximate surface area is 190 Å². The van der Waals surface area contributed by atoms with Crippen LogP contribution in [0, 0.1) is 13.8 Å². The lowest BCUT2D eigenvalue weighted by Crippen LogP contribution is -2.50. The Kier molecular flexibility index (Phi) is 7.26. The summed E-state index contributed by atoms with van der Waals surface area (Å²) in [6.45, 7) is 14.5. The number of unbranched alkanes of at least 4 members (excludes halogenated alkanes) is 1. The van der Waals surface area contributed by atoms with Gasteiger partial charge < -0.3 is 19.3 Å². The van der Waals surface area contributed by atoms with Gasteiger partial charge in [0.15, 0.2) is 5.69 Å². The first-order valence-electron chi connectivity index (χ1n) is 11.4. The first-order chi connectivity index (χ1) is 15.1. The van der Waals surface area contributed by atoms with Crippen molar-refractivity contribution >= 4 is 28.7 Å². The van der Waals surface area contributed by atoms with E-state index in [1.54, 1.807) is 4.90 Å². The summed E-state index contributed by atoms with van der Waals surface area (Å²) in [5.74, 6) is -0.394. The number of hydrogen-bond donors (Lipinski definition) is 0. The van der Waals surface area contributed by atoms with Crippen LogP contribution < -0.4 is 4.90 Å². The van der Waals surface area contributed by atoms with Crippen molar-refractivity contribution in [2.45, 2.75) is 60.0 Å². The number of pyridine rings is 1. The van der Waals surface area contributed by atoms with E-state index in [9.17, 15) is 9.59 Å². The molecule has 1 amide bonds. The summed E-state index contributed by atoms with van der Waals surface area (Å²) in [6, 6.07) is 5.95. The van der Waals surface area contributed by atoms with Crippen LogP contribution in [0.15, 0.2) is 18.2 Å². The molecule has 1 aromatic heterocycles. The molecule has 0 spiro atoms. The van der Waals surface area contributed by atoms with E-state index in [0.29, 0.717) is 38.5 Å². The number of nitrogens with zero attached hydrogens (tertiary/aromatic N) is 3. The van der Waals surface area contributed by atoms with Gasteiger partial charge in [0.05, 0.1) is 12.1 Å². The predicted octanol–water partition coefficient (Wildman–Crippen LogP) is 4.87. The number of carbonyl (C=O) groups is 2. The summed E-state index contributed by atoms with van der Waals surface area (Å²) >= 11 is 0. The highest BCUT2D eigenvalue weighted by Gasteiger charge is 2.27. The summed E-state index contributed by atoms with van der Waals surface area (Å²) in [6.07, 6.45) is 1.50. The monoisotopic (exact) mass is 441 g/mol. The van der Waals surface area contributed by atoms with Crippen LogP contribution >= 0.6 is 0 Å². The fourth-order valence-corrected chi connectivity index (χ4v) is 3.81. The molecule has 7 nitrogen and oxygen atoms in total. The average Bonchev–Trinajstić information content (AvgIpc) is 2.74. The van der Waals surface area contributed by atoms with E-state index in [-0.39, 0.29) is 6.09 Å². The first kappa shape index (κ1) is 23.8. The molecule has 1 fully saturated rings. The van der Waals surface area contributed by atoms with Gasteiger partial charge in [-0.15, -0.1) is 0 Å². The molecule has 0 aliphatic carbocycles. The molecule has 0 unspecified atom stereocenters. The van der Waals surface area contributed by atoms with E-state index in [2.05, 4.69) is 29.8 Å². The van der Waals surface area contributed by atoms with Gasteiger partial charge in [0, 0.05) is 37.3 Å². The Hall–Kier alpha value is -2.83. The molecule has 0 N–H and O–H groups in total. The number of fused-ring (bicyclic) bond motifs is 1. The lowest BCUT2D eigenvalue weighted by Gasteiger charge is -2.37. The Balaban J connectivity index is 1.89. The Morgan fingerprint density at radius 2 is 1.72 bits per heavy atom. The Bertz CT molecular complexity index is 989. The molecule has 32 heavy (non-hydrogen) atoms. The maximum atomic E-state index is 12.7. The van der Waals surface area contributed by atoms with E-state index in [1.165, 1.54) is 0 Å². The van der Waals surface area contributed by atoms with Crippen LogP contribution in [-0.4, -0.2) is 60.3 Å². The molecular weight excluding hydrogens is 406 g/mol. The van der Waals surface area contributed by atoms with E-state index in [1.807, 2.05) is 39.8 Å².